The number of carbonyl (C=O) groups excluding carboxylic acids is 1. The quantitative estimate of drug-likeness (QED) is 0.819. The highest BCUT2D eigenvalue weighted by Crippen LogP contribution is 2.11. The summed E-state index contributed by atoms with van der Waals surface area (Å²) in [5, 5.41) is 3.28. The second-order valence-electron chi connectivity index (χ2n) is 5.00. The molecule has 106 valence electrons. The molecular formula is C16H26N2O. The summed E-state index contributed by atoms with van der Waals surface area (Å²) in [6, 6.07) is 8.49. The molecule has 0 aliphatic rings. The Morgan fingerprint density at radius 1 is 1.32 bits per heavy atom. The van der Waals surface area contributed by atoms with E-state index in [1.807, 2.05) is 24.0 Å². The van der Waals surface area contributed by atoms with Crippen LogP contribution in [0.3, 0.4) is 0 Å². The molecule has 1 unspecified atom stereocenters. The van der Waals surface area contributed by atoms with Gasteiger partial charge < -0.3 is 10.2 Å². The Kier molecular flexibility index (Phi) is 6.57. The first-order valence-corrected chi connectivity index (χ1v) is 7.14. The second kappa shape index (κ2) is 7.95. The van der Waals surface area contributed by atoms with E-state index >= 15 is 0 Å². The minimum Gasteiger partial charge on any atom is -0.339 e. The number of carbonyl (C=O) groups is 1. The van der Waals surface area contributed by atoms with Gasteiger partial charge in [-0.1, -0.05) is 31.2 Å². The SMILES string of the molecule is CCNC(C)CC(=O)N(CC)Cc1ccccc1C. The van der Waals surface area contributed by atoms with Gasteiger partial charge in [0.2, 0.25) is 5.91 Å². The first-order valence-electron chi connectivity index (χ1n) is 7.14. The van der Waals surface area contributed by atoms with Crippen LogP contribution >= 0.6 is 0 Å². The largest absolute Gasteiger partial charge is 0.339 e. The molecule has 0 fully saturated rings. The van der Waals surface area contributed by atoms with Crippen LogP contribution in [0.5, 0.6) is 0 Å². The van der Waals surface area contributed by atoms with Crippen molar-refractivity contribution in [2.75, 3.05) is 13.1 Å². The molecule has 3 nitrogen and oxygen atoms in total. The van der Waals surface area contributed by atoms with Crippen LogP contribution in [0.1, 0.15) is 38.3 Å². The van der Waals surface area contributed by atoms with Crippen LogP contribution < -0.4 is 5.32 Å². The topological polar surface area (TPSA) is 32.3 Å². The third-order valence-electron chi connectivity index (χ3n) is 3.39. The number of benzene rings is 1. The van der Waals surface area contributed by atoms with Gasteiger partial charge in [0.05, 0.1) is 0 Å². The Morgan fingerprint density at radius 3 is 2.58 bits per heavy atom. The summed E-state index contributed by atoms with van der Waals surface area (Å²) in [6.07, 6.45) is 0.563. The van der Waals surface area contributed by atoms with Gasteiger partial charge in [-0.25, -0.2) is 0 Å². The van der Waals surface area contributed by atoms with Crippen LogP contribution in [0.15, 0.2) is 24.3 Å². The molecule has 0 radical (unpaired) electrons. The molecule has 0 saturated heterocycles. The predicted molar refractivity (Wildman–Crippen MR) is 80.0 cm³/mol. The minimum atomic E-state index is 0.221. The number of hydrogen-bond acceptors (Lipinski definition) is 2. The van der Waals surface area contributed by atoms with E-state index in [2.05, 4.69) is 38.2 Å². The van der Waals surface area contributed by atoms with E-state index in [0.717, 1.165) is 13.1 Å². The molecule has 0 heterocycles. The summed E-state index contributed by atoms with van der Waals surface area (Å²) < 4.78 is 0. The third-order valence-corrected chi connectivity index (χ3v) is 3.39. The molecule has 1 aromatic carbocycles. The van der Waals surface area contributed by atoms with Crippen molar-refractivity contribution in [1.82, 2.24) is 10.2 Å². The average molecular weight is 262 g/mol. The van der Waals surface area contributed by atoms with Crippen molar-refractivity contribution in [3.05, 3.63) is 35.4 Å². The molecule has 0 saturated carbocycles. The fourth-order valence-electron chi connectivity index (χ4n) is 2.18. The molecule has 0 aliphatic heterocycles. The lowest BCUT2D eigenvalue weighted by Crippen LogP contribution is -2.36. The highest BCUT2D eigenvalue weighted by Gasteiger charge is 2.15. The zero-order valence-corrected chi connectivity index (χ0v) is 12.6. The van der Waals surface area contributed by atoms with Gasteiger partial charge in [-0.2, -0.15) is 0 Å². The molecule has 3 heteroatoms. The van der Waals surface area contributed by atoms with E-state index in [-0.39, 0.29) is 11.9 Å². The Bertz CT molecular complexity index is 403. The molecule has 19 heavy (non-hydrogen) atoms. The van der Waals surface area contributed by atoms with Crippen molar-refractivity contribution in [2.45, 2.75) is 46.7 Å². The van der Waals surface area contributed by atoms with E-state index < -0.39 is 0 Å². The Hall–Kier alpha value is -1.35. The lowest BCUT2D eigenvalue weighted by Gasteiger charge is -2.24. The first kappa shape index (κ1) is 15.7. The highest BCUT2D eigenvalue weighted by atomic mass is 16.2. The number of aryl methyl sites for hydroxylation is 1. The standard InChI is InChI=1S/C16H26N2O/c1-5-17-14(4)11-16(19)18(6-2)12-15-10-8-7-9-13(15)3/h7-10,14,17H,5-6,11-12H2,1-4H3. The number of amides is 1. The van der Waals surface area contributed by atoms with E-state index in [0.29, 0.717) is 13.0 Å². The fraction of sp³-hybridized carbons (Fsp3) is 0.562. The first-order chi connectivity index (χ1) is 9.08. The van der Waals surface area contributed by atoms with Gasteiger partial charge >= 0.3 is 0 Å². The van der Waals surface area contributed by atoms with Crippen molar-refractivity contribution < 1.29 is 4.79 Å². The van der Waals surface area contributed by atoms with Gasteiger partial charge in [-0.05, 0) is 38.4 Å². The van der Waals surface area contributed by atoms with E-state index in [1.165, 1.54) is 11.1 Å². The molecule has 1 atom stereocenters. The summed E-state index contributed by atoms with van der Waals surface area (Å²) in [4.78, 5) is 14.2. The molecule has 1 rings (SSSR count). The Balaban J connectivity index is 2.63. The van der Waals surface area contributed by atoms with Crippen LogP contribution in [0.2, 0.25) is 0 Å². The third kappa shape index (κ3) is 5.03. The van der Waals surface area contributed by atoms with Crippen molar-refractivity contribution in [3.63, 3.8) is 0 Å². The fourth-order valence-corrected chi connectivity index (χ4v) is 2.18. The molecule has 0 aliphatic carbocycles. The normalized spacial score (nSPS) is 12.2. The molecule has 0 bridgehead atoms. The van der Waals surface area contributed by atoms with Crippen molar-refractivity contribution in [1.29, 1.82) is 0 Å². The van der Waals surface area contributed by atoms with E-state index in [4.69, 9.17) is 0 Å². The van der Waals surface area contributed by atoms with E-state index in [9.17, 15) is 4.79 Å². The minimum absolute atomic E-state index is 0.221. The summed E-state index contributed by atoms with van der Waals surface area (Å²) >= 11 is 0. The lowest BCUT2D eigenvalue weighted by molar-refractivity contribution is -0.132. The molecule has 1 aromatic rings. The summed E-state index contributed by atoms with van der Waals surface area (Å²) in [5.41, 5.74) is 2.47. The van der Waals surface area contributed by atoms with Gasteiger partial charge in [0.25, 0.3) is 0 Å². The highest BCUT2D eigenvalue weighted by molar-refractivity contribution is 5.76. The van der Waals surface area contributed by atoms with Crippen LogP contribution in [-0.4, -0.2) is 29.9 Å². The van der Waals surface area contributed by atoms with Crippen LogP contribution in [-0.2, 0) is 11.3 Å². The van der Waals surface area contributed by atoms with Crippen LogP contribution in [0.25, 0.3) is 0 Å². The number of nitrogens with one attached hydrogen (secondary N) is 1. The van der Waals surface area contributed by atoms with Gasteiger partial charge in [0.15, 0.2) is 0 Å². The number of nitrogens with zero attached hydrogens (tertiary/aromatic N) is 1. The monoisotopic (exact) mass is 262 g/mol. The maximum Gasteiger partial charge on any atom is 0.224 e. The molecular weight excluding hydrogens is 236 g/mol. The molecule has 1 N–H and O–H groups in total. The molecule has 0 spiro atoms. The number of hydrogen-bond donors (Lipinski definition) is 1. The van der Waals surface area contributed by atoms with Gasteiger partial charge in [0, 0.05) is 25.6 Å². The van der Waals surface area contributed by atoms with Gasteiger partial charge in [-0.15, -0.1) is 0 Å². The van der Waals surface area contributed by atoms with Gasteiger partial charge in [-0.3, -0.25) is 4.79 Å². The zero-order chi connectivity index (χ0) is 14.3. The number of rotatable bonds is 7. The Labute approximate surface area is 117 Å². The van der Waals surface area contributed by atoms with Crippen molar-refractivity contribution in [2.24, 2.45) is 0 Å². The maximum atomic E-state index is 12.3. The van der Waals surface area contributed by atoms with Crippen molar-refractivity contribution >= 4 is 5.91 Å². The second-order valence-corrected chi connectivity index (χ2v) is 5.00. The molecule has 0 aromatic heterocycles. The smallest absolute Gasteiger partial charge is 0.224 e. The molecule has 1 amide bonds. The zero-order valence-electron chi connectivity index (χ0n) is 12.6. The lowest BCUT2D eigenvalue weighted by atomic mass is 10.1. The van der Waals surface area contributed by atoms with Crippen LogP contribution in [0.4, 0.5) is 0 Å². The summed E-state index contributed by atoms with van der Waals surface area (Å²) in [6.45, 7) is 10.6. The summed E-state index contributed by atoms with van der Waals surface area (Å²) in [5.74, 6) is 0.221. The predicted octanol–water partition coefficient (Wildman–Crippen LogP) is 2.73. The maximum absolute atomic E-state index is 12.3. The van der Waals surface area contributed by atoms with Crippen LogP contribution in [0, 0.1) is 6.92 Å². The summed E-state index contributed by atoms with van der Waals surface area (Å²) in [7, 11) is 0. The van der Waals surface area contributed by atoms with E-state index in [1.54, 1.807) is 0 Å². The van der Waals surface area contributed by atoms with Crippen molar-refractivity contribution in [3.8, 4) is 0 Å². The Morgan fingerprint density at radius 2 is 2.00 bits per heavy atom. The van der Waals surface area contributed by atoms with Gasteiger partial charge in [0.1, 0.15) is 0 Å². The average Bonchev–Trinajstić information content (AvgIpc) is 2.37.